The van der Waals surface area contributed by atoms with Gasteiger partial charge in [0.15, 0.2) is 0 Å². The third-order valence-electron chi connectivity index (χ3n) is 4.78. The predicted octanol–water partition coefficient (Wildman–Crippen LogP) is 4.71. The van der Waals surface area contributed by atoms with E-state index in [1.165, 1.54) is 5.56 Å². The molecule has 5 rings (SSSR count). The van der Waals surface area contributed by atoms with E-state index in [9.17, 15) is 0 Å². The number of aryl methyl sites for hydroxylation is 1. The third kappa shape index (κ3) is 2.75. The molecule has 0 radical (unpaired) electrons. The van der Waals surface area contributed by atoms with Gasteiger partial charge in [-0.05, 0) is 55.0 Å². The minimum atomic E-state index is 0.824. The molecule has 1 N–H and O–H groups in total. The van der Waals surface area contributed by atoms with Crippen LogP contribution in [0.5, 0.6) is 5.75 Å². The maximum Gasteiger partial charge on any atom is 0.143 e. The molecule has 0 saturated heterocycles. The summed E-state index contributed by atoms with van der Waals surface area (Å²) in [4.78, 5) is 9.21. The largest absolute Gasteiger partial charge is 0.497 e. The number of fused-ring (bicyclic) bond motifs is 2. The first-order valence-electron chi connectivity index (χ1n) is 9.04. The van der Waals surface area contributed by atoms with Crippen molar-refractivity contribution in [2.75, 3.05) is 12.4 Å². The molecule has 1 aromatic carbocycles. The van der Waals surface area contributed by atoms with Gasteiger partial charge in [-0.3, -0.25) is 4.40 Å². The van der Waals surface area contributed by atoms with Gasteiger partial charge in [0.1, 0.15) is 28.6 Å². The molecule has 0 saturated carbocycles. The molecule has 0 atom stereocenters. The Bertz CT molecular complexity index is 1280. The molecule has 6 heteroatoms. The normalized spacial score (nSPS) is 11.2. The van der Waals surface area contributed by atoms with Crippen LogP contribution in [0, 0.1) is 6.92 Å². The van der Waals surface area contributed by atoms with Crippen molar-refractivity contribution in [1.29, 1.82) is 0 Å². The Kier molecular flexibility index (Phi) is 3.76. The molecule has 0 spiro atoms. The zero-order valence-electron chi connectivity index (χ0n) is 15.6. The SMILES string of the molecule is COc1ccc(Nc2c(-c3ccc4nccn4c3)nc3ccc(C)cn23)cc1. The minimum absolute atomic E-state index is 0.824. The van der Waals surface area contributed by atoms with Crippen LogP contribution in [0.3, 0.4) is 0 Å². The first-order chi connectivity index (χ1) is 13.7. The van der Waals surface area contributed by atoms with Gasteiger partial charge < -0.3 is 14.5 Å². The second kappa shape index (κ2) is 6.42. The first-order valence-corrected chi connectivity index (χ1v) is 9.04. The number of benzene rings is 1. The van der Waals surface area contributed by atoms with Gasteiger partial charge in [0.2, 0.25) is 0 Å². The molecular weight excluding hydrogens is 350 g/mol. The van der Waals surface area contributed by atoms with Gasteiger partial charge in [-0.25, -0.2) is 9.97 Å². The monoisotopic (exact) mass is 369 g/mol. The Hall–Kier alpha value is -3.80. The van der Waals surface area contributed by atoms with Crippen LogP contribution < -0.4 is 10.1 Å². The van der Waals surface area contributed by atoms with Crippen LogP contribution in [-0.2, 0) is 0 Å². The van der Waals surface area contributed by atoms with Crippen LogP contribution in [-0.4, -0.2) is 25.9 Å². The van der Waals surface area contributed by atoms with Crippen molar-refractivity contribution >= 4 is 22.8 Å². The lowest BCUT2D eigenvalue weighted by molar-refractivity contribution is 0.415. The number of nitrogens with zero attached hydrogens (tertiary/aromatic N) is 4. The third-order valence-corrected chi connectivity index (χ3v) is 4.78. The molecule has 6 nitrogen and oxygen atoms in total. The number of rotatable bonds is 4. The standard InChI is InChI=1S/C22H19N5O/c1-15-3-9-20-25-21(16-4-10-19-23-11-12-26(19)14-16)22(27(20)13-15)24-17-5-7-18(28-2)8-6-17/h3-14,24H,1-2H3. The fourth-order valence-corrected chi connectivity index (χ4v) is 3.34. The number of ether oxygens (including phenoxy) is 1. The van der Waals surface area contributed by atoms with Crippen LogP contribution >= 0.6 is 0 Å². The first kappa shape index (κ1) is 16.4. The fourth-order valence-electron chi connectivity index (χ4n) is 3.34. The zero-order chi connectivity index (χ0) is 19.1. The summed E-state index contributed by atoms with van der Waals surface area (Å²) in [5.74, 6) is 1.74. The quantitative estimate of drug-likeness (QED) is 0.498. The molecule has 4 aromatic heterocycles. The van der Waals surface area contributed by atoms with Gasteiger partial charge in [0, 0.05) is 36.0 Å². The van der Waals surface area contributed by atoms with Crippen molar-refractivity contribution < 1.29 is 4.74 Å². The Labute approximate surface area is 162 Å². The summed E-state index contributed by atoms with van der Waals surface area (Å²) in [6, 6.07) is 16.0. The lowest BCUT2D eigenvalue weighted by Gasteiger charge is -2.10. The molecule has 0 aliphatic heterocycles. The summed E-state index contributed by atoms with van der Waals surface area (Å²) in [6.45, 7) is 2.08. The van der Waals surface area contributed by atoms with Crippen molar-refractivity contribution in [2.24, 2.45) is 0 Å². The highest BCUT2D eigenvalue weighted by molar-refractivity contribution is 5.80. The number of nitrogens with one attached hydrogen (secondary N) is 1. The Morgan fingerprint density at radius 1 is 0.929 bits per heavy atom. The molecule has 0 bridgehead atoms. The highest BCUT2D eigenvalue weighted by Gasteiger charge is 2.15. The molecule has 0 aliphatic rings. The average molecular weight is 369 g/mol. The average Bonchev–Trinajstić information content (AvgIpc) is 3.33. The van der Waals surface area contributed by atoms with E-state index in [1.807, 2.05) is 47.0 Å². The second-order valence-electron chi connectivity index (χ2n) is 6.71. The molecule has 0 fully saturated rings. The highest BCUT2D eigenvalue weighted by Crippen LogP contribution is 2.32. The van der Waals surface area contributed by atoms with Crippen molar-refractivity contribution in [3.63, 3.8) is 0 Å². The zero-order valence-corrected chi connectivity index (χ0v) is 15.6. The van der Waals surface area contributed by atoms with Crippen LogP contribution in [0.25, 0.3) is 22.6 Å². The van der Waals surface area contributed by atoms with Gasteiger partial charge in [0.05, 0.1) is 7.11 Å². The second-order valence-corrected chi connectivity index (χ2v) is 6.71. The highest BCUT2D eigenvalue weighted by atomic mass is 16.5. The number of aromatic nitrogens is 4. The van der Waals surface area contributed by atoms with Gasteiger partial charge in [0.25, 0.3) is 0 Å². The molecule has 4 heterocycles. The van der Waals surface area contributed by atoms with Crippen LogP contribution in [0.15, 0.2) is 73.3 Å². The number of hydrogen-bond donors (Lipinski definition) is 1. The van der Waals surface area contributed by atoms with Gasteiger partial charge in [-0.1, -0.05) is 6.07 Å². The molecule has 0 amide bonds. The predicted molar refractivity (Wildman–Crippen MR) is 110 cm³/mol. The van der Waals surface area contributed by atoms with E-state index in [-0.39, 0.29) is 0 Å². The van der Waals surface area contributed by atoms with E-state index in [2.05, 4.69) is 46.2 Å². The number of hydrogen-bond acceptors (Lipinski definition) is 4. The Balaban J connectivity index is 1.67. The van der Waals surface area contributed by atoms with Crippen LogP contribution in [0.4, 0.5) is 11.5 Å². The van der Waals surface area contributed by atoms with E-state index in [1.54, 1.807) is 13.3 Å². The van der Waals surface area contributed by atoms with Crippen molar-refractivity contribution in [2.45, 2.75) is 6.92 Å². The summed E-state index contributed by atoms with van der Waals surface area (Å²) in [6.07, 6.45) is 7.88. The molecule has 0 unspecified atom stereocenters. The summed E-state index contributed by atoms with van der Waals surface area (Å²) in [7, 11) is 1.67. The number of methoxy groups -OCH3 is 1. The van der Waals surface area contributed by atoms with Gasteiger partial charge in [-0.2, -0.15) is 0 Å². The van der Waals surface area contributed by atoms with E-state index in [0.717, 1.165) is 39.8 Å². The van der Waals surface area contributed by atoms with E-state index in [0.29, 0.717) is 0 Å². The lowest BCUT2D eigenvalue weighted by Crippen LogP contribution is -1.98. The Morgan fingerprint density at radius 3 is 2.57 bits per heavy atom. The van der Waals surface area contributed by atoms with E-state index < -0.39 is 0 Å². The molecule has 5 aromatic rings. The molecule has 28 heavy (non-hydrogen) atoms. The summed E-state index contributed by atoms with van der Waals surface area (Å²) >= 11 is 0. The van der Waals surface area contributed by atoms with Crippen LogP contribution in [0.1, 0.15) is 5.56 Å². The molecule has 0 aliphatic carbocycles. The maximum absolute atomic E-state index is 5.26. The van der Waals surface area contributed by atoms with Gasteiger partial charge >= 0.3 is 0 Å². The molecule has 138 valence electrons. The minimum Gasteiger partial charge on any atom is -0.497 e. The lowest BCUT2D eigenvalue weighted by atomic mass is 10.2. The topological polar surface area (TPSA) is 55.9 Å². The maximum atomic E-state index is 5.26. The fraction of sp³-hybridized carbons (Fsp3) is 0.0909. The van der Waals surface area contributed by atoms with Crippen molar-refractivity contribution in [3.05, 3.63) is 78.9 Å². The molecular formula is C22H19N5O. The van der Waals surface area contributed by atoms with Gasteiger partial charge in [-0.15, -0.1) is 0 Å². The number of imidazole rings is 2. The summed E-state index contributed by atoms with van der Waals surface area (Å²) < 4.78 is 9.35. The Morgan fingerprint density at radius 2 is 1.75 bits per heavy atom. The summed E-state index contributed by atoms with van der Waals surface area (Å²) in [5, 5.41) is 3.53. The smallest absolute Gasteiger partial charge is 0.143 e. The number of pyridine rings is 2. The van der Waals surface area contributed by atoms with E-state index >= 15 is 0 Å². The van der Waals surface area contributed by atoms with Crippen molar-refractivity contribution in [1.82, 2.24) is 18.8 Å². The summed E-state index contributed by atoms with van der Waals surface area (Å²) in [5.41, 5.74) is 5.84. The van der Waals surface area contributed by atoms with E-state index in [4.69, 9.17) is 9.72 Å². The van der Waals surface area contributed by atoms with Crippen molar-refractivity contribution in [3.8, 4) is 17.0 Å². The number of anilines is 2. The van der Waals surface area contributed by atoms with Crippen LogP contribution in [0.2, 0.25) is 0 Å².